The van der Waals surface area contributed by atoms with E-state index in [1.165, 1.54) is 10.9 Å². The number of aromatic nitrogens is 1. The lowest BCUT2D eigenvalue weighted by atomic mass is 9.78. The zero-order valence-electron chi connectivity index (χ0n) is 24.1. The fourth-order valence-electron chi connectivity index (χ4n) is 6.21. The van der Waals surface area contributed by atoms with Crippen LogP contribution in [-0.2, 0) is 9.31 Å². The zero-order valence-corrected chi connectivity index (χ0v) is 24.1. The molecule has 0 bridgehead atoms. The van der Waals surface area contributed by atoms with Crippen molar-refractivity contribution in [3.63, 3.8) is 0 Å². The summed E-state index contributed by atoms with van der Waals surface area (Å²) in [6, 6.07) is 38.0. The van der Waals surface area contributed by atoms with Gasteiger partial charge < -0.3 is 13.7 Å². The van der Waals surface area contributed by atoms with E-state index in [-0.39, 0.29) is 0 Å². The van der Waals surface area contributed by atoms with Crippen molar-refractivity contribution in [2.75, 3.05) is 0 Å². The Morgan fingerprint density at radius 1 is 0.571 bits per heavy atom. The van der Waals surface area contributed by atoms with E-state index in [1.54, 1.807) is 0 Å². The molecule has 5 heteroatoms. The quantitative estimate of drug-likeness (QED) is 0.164. The molecule has 0 aliphatic carbocycles. The van der Waals surface area contributed by atoms with Crippen LogP contribution in [0, 0.1) is 0 Å². The highest BCUT2D eigenvalue weighted by atomic mass is 16.7. The maximum Gasteiger partial charge on any atom is 0.494 e. The molecule has 0 saturated carbocycles. The van der Waals surface area contributed by atoms with Gasteiger partial charge in [-0.1, -0.05) is 91.0 Å². The van der Waals surface area contributed by atoms with Gasteiger partial charge in [0.25, 0.3) is 0 Å². The molecule has 0 amide bonds. The molecule has 8 rings (SSSR count). The molecule has 1 aliphatic rings. The number of furan rings is 1. The molecular weight excluding hydrogens is 517 g/mol. The number of hydrogen-bond donors (Lipinski definition) is 0. The first-order valence-electron chi connectivity index (χ1n) is 14.5. The van der Waals surface area contributed by atoms with Crippen molar-refractivity contribution < 1.29 is 13.7 Å². The largest absolute Gasteiger partial charge is 0.494 e. The van der Waals surface area contributed by atoms with Gasteiger partial charge in [0.1, 0.15) is 11.2 Å². The van der Waals surface area contributed by atoms with Crippen molar-refractivity contribution in [2.24, 2.45) is 0 Å². The van der Waals surface area contributed by atoms with E-state index in [1.807, 2.05) is 12.1 Å². The lowest BCUT2D eigenvalue weighted by Gasteiger charge is -2.32. The van der Waals surface area contributed by atoms with Crippen LogP contribution in [0.5, 0.6) is 0 Å². The predicted molar refractivity (Wildman–Crippen MR) is 173 cm³/mol. The number of hydrogen-bond acceptors (Lipinski definition) is 4. The van der Waals surface area contributed by atoms with Gasteiger partial charge in [-0.15, -0.1) is 0 Å². The second-order valence-electron chi connectivity index (χ2n) is 12.2. The Balaban J connectivity index is 1.41. The molecule has 3 heterocycles. The highest BCUT2D eigenvalue weighted by Gasteiger charge is 2.51. The van der Waals surface area contributed by atoms with Crippen LogP contribution in [-0.4, -0.2) is 23.3 Å². The Kier molecular flexibility index (Phi) is 5.43. The van der Waals surface area contributed by atoms with E-state index < -0.39 is 18.3 Å². The topological polar surface area (TPSA) is 44.5 Å². The van der Waals surface area contributed by atoms with E-state index in [4.69, 9.17) is 18.7 Å². The minimum absolute atomic E-state index is 0.391. The van der Waals surface area contributed by atoms with Crippen molar-refractivity contribution in [1.82, 2.24) is 4.98 Å². The highest BCUT2D eigenvalue weighted by Crippen LogP contribution is 2.46. The molecule has 2 aromatic heterocycles. The summed E-state index contributed by atoms with van der Waals surface area (Å²) in [4.78, 5) is 5.24. The van der Waals surface area contributed by atoms with Crippen LogP contribution in [0.1, 0.15) is 27.7 Å². The van der Waals surface area contributed by atoms with E-state index >= 15 is 0 Å². The van der Waals surface area contributed by atoms with Crippen LogP contribution in [0.15, 0.2) is 114 Å². The molecule has 7 aromatic rings. The number of rotatable bonds is 3. The summed E-state index contributed by atoms with van der Waals surface area (Å²) in [7, 11) is -0.412. The monoisotopic (exact) mass is 547 g/mol. The van der Waals surface area contributed by atoms with Crippen LogP contribution in [0.25, 0.3) is 66.0 Å². The van der Waals surface area contributed by atoms with Gasteiger partial charge >= 0.3 is 7.12 Å². The molecule has 1 saturated heterocycles. The predicted octanol–water partition coefficient (Wildman–Crippen LogP) is 8.92. The van der Waals surface area contributed by atoms with E-state index in [0.29, 0.717) is 0 Å². The van der Waals surface area contributed by atoms with Gasteiger partial charge in [-0.05, 0) is 56.9 Å². The Labute approximate surface area is 245 Å². The normalized spacial score (nSPS) is 16.2. The third-order valence-corrected chi connectivity index (χ3v) is 9.10. The van der Waals surface area contributed by atoms with Crippen LogP contribution in [0.2, 0.25) is 0 Å². The van der Waals surface area contributed by atoms with Crippen LogP contribution in [0.3, 0.4) is 0 Å². The highest BCUT2D eigenvalue weighted by molar-refractivity contribution is 6.62. The van der Waals surface area contributed by atoms with E-state index in [9.17, 15) is 0 Å². The van der Waals surface area contributed by atoms with Crippen LogP contribution < -0.4 is 5.46 Å². The van der Waals surface area contributed by atoms with Gasteiger partial charge in [-0.3, -0.25) is 0 Å². The minimum Gasteiger partial charge on any atom is -0.456 e. The summed E-state index contributed by atoms with van der Waals surface area (Å²) in [6.07, 6.45) is 0. The number of pyridine rings is 1. The van der Waals surface area contributed by atoms with Gasteiger partial charge in [0.15, 0.2) is 0 Å². The summed E-state index contributed by atoms with van der Waals surface area (Å²) in [6.45, 7) is 8.32. The van der Waals surface area contributed by atoms with Gasteiger partial charge in [0.2, 0.25) is 0 Å². The fraction of sp³-hybridized carbons (Fsp3) is 0.162. The molecule has 0 N–H and O–H groups in total. The Morgan fingerprint density at radius 3 is 1.95 bits per heavy atom. The van der Waals surface area contributed by atoms with Gasteiger partial charge in [0.05, 0.1) is 22.4 Å². The average Bonchev–Trinajstić information content (AvgIpc) is 3.48. The zero-order chi connectivity index (χ0) is 28.6. The summed E-state index contributed by atoms with van der Waals surface area (Å²) < 4.78 is 19.1. The first kappa shape index (κ1) is 25.3. The van der Waals surface area contributed by atoms with E-state index in [0.717, 1.165) is 60.5 Å². The van der Waals surface area contributed by atoms with Gasteiger partial charge in [-0.25, -0.2) is 4.98 Å². The van der Waals surface area contributed by atoms with Crippen molar-refractivity contribution in [1.29, 1.82) is 0 Å². The molecule has 1 aliphatic heterocycles. The molecule has 42 heavy (non-hydrogen) atoms. The Hall–Kier alpha value is -4.45. The number of para-hydroxylation sites is 2. The van der Waals surface area contributed by atoms with Gasteiger partial charge in [0, 0.05) is 38.1 Å². The Morgan fingerprint density at radius 2 is 1.21 bits per heavy atom. The summed E-state index contributed by atoms with van der Waals surface area (Å²) in [5, 5.41) is 5.60. The number of benzene rings is 5. The maximum atomic E-state index is 6.49. The smallest absolute Gasteiger partial charge is 0.456 e. The molecule has 0 unspecified atom stereocenters. The summed E-state index contributed by atoms with van der Waals surface area (Å²) >= 11 is 0. The SMILES string of the molecule is CC1(C)OB(c2ccc(-c3nc4ccccc4c4c(-c5ccccc5)c5c(cc34)oc3ccccc35)cc2)OC1(C)C. The van der Waals surface area contributed by atoms with Gasteiger partial charge in [-0.2, -0.15) is 0 Å². The second-order valence-corrected chi connectivity index (χ2v) is 12.2. The third-order valence-electron chi connectivity index (χ3n) is 9.10. The number of fused-ring (bicyclic) bond motifs is 6. The first-order valence-corrected chi connectivity index (χ1v) is 14.5. The van der Waals surface area contributed by atoms with Crippen LogP contribution in [0.4, 0.5) is 0 Å². The molecule has 1 fully saturated rings. The van der Waals surface area contributed by atoms with E-state index in [2.05, 4.69) is 125 Å². The van der Waals surface area contributed by atoms with Crippen molar-refractivity contribution in [3.05, 3.63) is 109 Å². The molecule has 5 aromatic carbocycles. The molecular formula is C37H30BNO3. The first-order chi connectivity index (χ1) is 20.3. The summed E-state index contributed by atoms with van der Waals surface area (Å²) in [5.41, 5.74) is 7.17. The molecule has 0 atom stereocenters. The second kappa shape index (κ2) is 9.03. The average molecular weight is 547 g/mol. The molecule has 4 nitrogen and oxygen atoms in total. The van der Waals surface area contributed by atoms with Crippen molar-refractivity contribution in [3.8, 4) is 22.4 Å². The van der Waals surface area contributed by atoms with Crippen LogP contribution >= 0.6 is 0 Å². The maximum absolute atomic E-state index is 6.49. The number of nitrogens with zero attached hydrogens (tertiary/aromatic N) is 1. The van der Waals surface area contributed by atoms with Crippen molar-refractivity contribution >= 4 is 56.2 Å². The molecule has 0 spiro atoms. The van der Waals surface area contributed by atoms with Crippen molar-refractivity contribution in [2.45, 2.75) is 38.9 Å². The lowest BCUT2D eigenvalue weighted by Crippen LogP contribution is -2.41. The Bertz CT molecular complexity index is 2130. The minimum atomic E-state index is -0.412. The fourth-order valence-corrected chi connectivity index (χ4v) is 6.21. The molecule has 0 radical (unpaired) electrons. The third kappa shape index (κ3) is 3.74. The lowest BCUT2D eigenvalue weighted by molar-refractivity contribution is 0.00578. The summed E-state index contributed by atoms with van der Waals surface area (Å²) in [5.74, 6) is 0. The molecule has 204 valence electrons. The standard InChI is InChI=1S/C37H30BNO3/c1-36(2)37(3,4)42-38(41-36)25-20-18-24(19-21-25)35-28-22-31-34(27-15-9-11-17-30(27)40-31)32(23-12-6-5-7-13-23)33(28)26-14-8-10-16-29(26)39-35/h5-22H,1-4H3.